The van der Waals surface area contributed by atoms with Crippen LogP contribution in [0.3, 0.4) is 0 Å². The van der Waals surface area contributed by atoms with Gasteiger partial charge in [-0.15, -0.1) is 9.24 Å². The first-order valence-corrected chi connectivity index (χ1v) is 2.50. The second-order valence-electron chi connectivity index (χ2n) is 1.50. The third-order valence-electron chi connectivity index (χ3n) is 0.660. The van der Waals surface area contributed by atoms with Gasteiger partial charge in [0, 0.05) is 0 Å². The maximum atomic E-state index is 9.95. The van der Waals surface area contributed by atoms with Crippen LogP contribution in [0.15, 0.2) is 0 Å². The Morgan fingerprint density at radius 1 is 1.88 bits per heavy atom. The molecule has 0 bridgehead atoms. The number of hydrogen-bond acceptors (Lipinski definition) is 3. The molecule has 0 aromatic heterocycles. The number of carboxylic acid groups (broad SMARTS) is 1. The van der Waals surface area contributed by atoms with Crippen molar-refractivity contribution in [1.82, 2.24) is 0 Å². The lowest BCUT2D eigenvalue weighted by Crippen LogP contribution is -2.44. The summed E-state index contributed by atoms with van der Waals surface area (Å²) in [4.78, 5) is 9.95. The quantitative estimate of drug-likeness (QED) is 0.408. The molecule has 4 N–H and O–H groups in total. The van der Waals surface area contributed by atoms with E-state index in [1.165, 1.54) is 0 Å². The van der Waals surface area contributed by atoms with Gasteiger partial charge < -0.3 is 15.9 Å². The molecule has 0 aliphatic carbocycles. The Balaban J connectivity index is 3.91. The third kappa shape index (κ3) is 1.74. The van der Waals surface area contributed by atoms with E-state index < -0.39 is 17.9 Å². The summed E-state index contributed by atoms with van der Waals surface area (Å²) in [7, 11) is 1.84. The lowest BCUT2D eigenvalue weighted by molar-refractivity contribution is -0.140. The second-order valence-corrected chi connectivity index (χ2v) is 2.53. The van der Waals surface area contributed by atoms with Gasteiger partial charge in [0.15, 0.2) is 5.28 Å². The van der Waals surface area contributed by atoms with Crippen LogP contribution in [0.2, 0.25) is 0 Å². The minimum Gasteiger partial charge on any atom is -0.480 e. The molecule has 0 spiro atoms. The molecule has 0 aliphatic rings. The topological polar surface area (TPSA) is 83.5 Å². The van der Waals surface area contributed by atoms with E-state index in [-0.39, 0.29) is 0 Å². The Hall–Kier alpha value is -0.180. The van der Waals surface area contributed by atoms with E-state index in [0.717, 1.165) is 0 Å². The Morgan fingerprint density at radius 3 is 2.25 bits per heavy atom. The van der Waals surface area contributed by atoms with Crippen LogP contribution in [0.4, 0.5) is 0 Å². The molecule has 4 nitrogen and oxygen atoms in total. The van der Waals surface area contributed by atoms with Crippen molar-refractivity contribution in [3.05, 3.63) is 0 Å². The SMILES string of the molecule is N[C@@](P)(CO)C(=O)O. The van der Waals surface area contributed by atoms with Crippen molar-refractivity contribution in [2.24, 2.45) is 5.73 Å². The first kappa shape index (κ1) is 7.82. The van der Waals surface area contributed by atoms with Gasteiger partial charge in [-0.25, -0.2) is 4.79 Å². The van der Waals surface area contributed by atoms with Crippen LogP contribution in [-0.2, 0) is 4.79 Å². The van der Waals surface area contributed by atoms with Gasteiger partial charge in [0.2, 0.25) is 0 Å². The van der Waals surface area contributed by atoms with E-state index in [1.54, 1.807) is 0 Å². The Bertz CT molecular complexity index is 103. The van der Waals surface area contributed by atoms with Crippen molar-refractivity contribution in [3.8, 4) is 0 Å². The summed E-state index contributed by atoms with van der Waals surface area (Å²) in [6.45, 7) is -0.576. The molecule has 0 saturated carbocycles. The Kier molecular flexibility index (Phi) is 2.34. The zero-order valence-corrected chi connectivity index (χ0v) is 5.32. The molecule has 8 heavy (non-hydrogen) atoms. The summed E-state index contributed by atoms with van der Waals surface area (Å²) < 4.78 is 0. The molecule has 0 rings (SSSR count). The molecule has 0 heterocycles. The number of aliphatic hydroxyl groups is 1. The lowest BCUT2D eigenvalue weighted by atomic mass is 10.3. The molecule has 0 saturated heterocycles. The van der Waals surface area contributed by atoms with E-state index in [0.29, 0.717) is 0 Å². The van der Waals surface area contributed by atoms with E-state index in [1.807, 2.05) is 9.24 Å². The Morgan fingerprint density at radius 2 is 2.25 bits per heavy atom. The van der Waals surface area contributed by atoms with Gasteiger partial charge in [-0.05, 0) is 0 Å². The predicted molar refractivity (Wildman–Crippen MR) is 31.3 cm³/mol. The smallest absolute Gasteiger partial charge is 0.329 e. The molecule has 0 radical (unpaired) electrons. The highest BCUT2D eigenvalue weighted by Crippen LogP contribution is 2.07. The van der Waals surface area contributed by atoms with E-state index in [4.69, 9.17) is 15.9 Å². The van der Waals surface area contributed by atoms with Crippen molar-refractivity contribution in [2.75, 3.05) is 6.61 Å². The average Bonchev–Trinajstić information content (AvgIpc) is 1.67. The fourth-order valence-electron chi connectivity index (χ4n) is 0.0676. The highest BCUT2D eigenvalue weighted by Gasteiger charge is 2.26. The molecule has 0 amide bonds. The molecule has 0 fully saturated rings. The standard InChI is InChI=1S/C3H8NO3P/c4-3(8,1-5)2(6)7/h5H,1,4,8H2,(H,6,7)/t3-/m1/s1. The van der Waals surface area contributed by atoms with Crippen LogP contribution in [-0.4, -0.2) is 28.1 Å². The first-order chi connectivity index (χ1) is 3.50. The molecule has 0 aromatic carbocycles. The zero-order chi connectivity index (χ0) is 6.78. The molecule has 0 aromatic rings. The molecule has 5 heteroatoms. The normalized spacial score (nSPS) is 17.4. The summed E-state index contributed by atoms with van der Waals surface area (Å²) in [6, 6.07) is 0. The Labute approximate surface area is 48.9 Å². The maximum absolute atomic E-state index is 9.95. The van der Waals surface area contributed by atoms with Crippen molar-refractivity contribution in [3.63, 3.8) is 0 Å². The van der Waals surface area contributed by atoms with Crippen LogP contribution in [0.25, 0.3) is 0 Å². The number of aliphatic hydroxyl groups excluding tert-OH is 1. The number of aliphatic carboxylic acids is 1. The summed E-state index contributed by atoms with van der Waals surface area (Å²) in [5, 5.41) is 14.8. The first-order valence-electron chi connectivity index (χ1n) is 1.92. The van der Waals surface area contributed by atoms with Gasteiger partial charge in [0.1, 0.15) is 0 Å². The van der Waals surface area contributed by atoms with Crippen molar-refractivity contribution < 1.29 is 15.0 Å². The predicted octanol–water partition coefficient (Wildman–Crippen LogP) is -1.41. The molecular formula is C3H8NO3P. The fraction of sp³-hybridized carbons (Fsp3) is 0.667. The summed E-state index contributed by atoms with van der Waals surface area (Å²) in [5.41, 5.74) is 4.97. The number of carbonyl (C=O) groups is 1. The molecule has 48 valence electrons. The van der Waals surface area contributed by atoms with Crippen LogP contribution in [0.1, 0.15) is 0 Å². The lowest BCUT2D eigenvalue weighted by Gasteiger charge is -2.13. The van der Waals surface area contributed by atoms with Gasteiger partial charge in [-0.1, -0.05) is 0 Å². The van der Waals surface area contributed by atoms with Crippen LogP contribution in [0.5, 0.6) is 0 Å². The third-order valence-corrected chi connectivity index (χ3v) is 1.09. The number of hydrogen-bond donors (Lipinski definition) is 3. The molecule has 1 unspecified atom stereocenters. The molecule has 2 atom stereocenters. The molecular weight excluding hydrogens is 129 g/mol. The maximum Gasteiger partial charge on any atom is 0.329 e. The second kappa shape index (κ2) is 2.40. The largest absolute Gasteiger partial charge is 0.480 e. The average molecular weight is 137 g/mol. The van der Waals surface area contributed by atoms with Crippen molar-refractivity contribution in [2.45, 2.75) is 5.28 Å². The van der Waals surface area contributed by atoms with E-state index in [2.05, 4.69) is 0 Å². The minimum absolute atomic E-state index is 0.576. The van der Waals surface area contributed by atoms with Crippen LogP contribution in [0, 0.1) is 0 Å². The van der Waals surface area contributed by atoms with Gasteiger partial charge in [-0.2, -0.15) is 0 Å². The van der Waals surface area contributed by atoms with Crippen molar-refractivity contribution >= 4 is 15.2 Å². The van der Waals surface area contributed by atoms with E-state index in [9.17, 15) is 4.79 Å². The van der Waals surface area contributed by atoms with Gasteiger partial charge >= 0.3 is 5.97 Å². The summed E-state index contributed by atoms with van der Waals surface area (Å²) in [6.07, 6.45) is 0. The van der Waals surface area contributed by atoms with Crippen LogP contribution >= 0.6 is 9.24 Å². The molecule has 0 aliphatic heterocycles. The minimum atomic E-state index is -1.57. The van der Waals surface area contributed by atoms with E-state index >= 15 is 0 Å². The van der Waals surface area contributed by atoms with Gasteiger partial charge in [0.25, 0.3) is 0 Å². The van der Waals surface area contributed by atoms with Gasteiger partial charge in [-0.3, -0.25) is 0 Å². The number of rotatable bonds is 2. The monoisotopic (exact) mass is 137 g/mol. The number of carboxylic acids is 1. The number of nitrogens with two attached hydrogens (primary N) is 1. The highest BCUT2D eigenvalue weighted by molar-refractivity contribution is 7.20. The zero-order valence-electron chi connectivity index (χ0n) is 4.16. The van der Waals surface area contributed by atoms with Crippen molar-refractivity contribution in [1.29, 1.82) is 0 Å². The summed E-state index contributed by atoms with van der Waals surface area (Å²) >= 11 is 0. The fourth-order valence-corrected chi connectivity index (χ4v) is 0.0676. The summed E-state index contributed by atoms with van der Waals surface area (Å²) in [5.74, 6) is -1.23. The van der Waals surface area contributed by atoms with Crippen LogP contribution < -0.4 is 5.73 Å². The van der Waals surface area contributed by atoms with Gasteiger partial charge in [0.05, 0.1) is 6.61 Å². The highest BCUT2D eigenvalue weighted by atomic mass is 31.0.